The third-order valence-corrected chi connectivity index (χ3v) is 4.45. The van der Waals surface area contributed by atoms with E-state index in [0.29, 0.717) is 13.2 Å². The molecular weight excluding hydrogens is 396 g/mol. The van der Waals surface area contributed by atoms with Gasteiger partial charge in [0, 0.05) is 13.1 Å². The Balaban J connectivity index is 0.00000113. The number of ether oxygens (including phenoxy) is 1. The van der Waals surface area contributed by atoms with Gasteiger partial charge >= 0.3 is 11.9 Å². The molecule has 0 saturated carbocycles. The molecule has 0 heterocycles. The van der Waals surface area contributed by atoms with Crippen molar-refractivity contribution in [2.75, 3.05) is 45.6 Å². The Bertz CT molecular complexity index is 663. The Hall–Kier alpha value is -2.77. The van der Waals surface area contributed by atoms with Crippen molar-refractivity contribution >= 4 is 28.9 Å². The van der Waals surface area contributed by atoms with Crippen LogP contribution in [0.1, 0.15) is 13.8 Å². The van der Waals surface area contributed by atoms with Crippen molar-refractivity contribution < 1.29 is 24.5 Å². The average molecular weight is 425 g/mol. The van der Waals surface area contributed by atoms with Gasteiger partial charge in [0.15, 0.2) is 5.17 Å². The van der Waals surface area contributed by atoms with Gasteiger partial charge < -0.3 is 24.7 Å². The van der Waals surface area contributed by atoms with Crippen molar-refractivity contribution in [3.63, 3.8) is 0 Å². The molecule has 2 N–H and O–H groups in total. The predicted octanol–water partition coefficient (Wildman–Crippen LogP) is 2.06. The van der Waals surface area contributed by atoms with Crippen molar-refractivity contribution in [2.45, 2.75) is 13.8 Å². The van der Waals surface area contributed by atoms with E-state index in [1.165, 1.54) is 11.8 Å². The van der Waals surface area contributed by atoms with Gasteiger partial charge in [0.1, 0.15) is 12.4 Å². The Morgan fingerprint density at radius 1 is 1.10 bits per heavy atom. The quantitative estimate of drug-likeness (QED) is 0.265. The molecule has 160 valence electrons. The summed E-state index contributed by atoms with van der Waals surface area (Å²) >= 11 is 1.50. The maximum atomic E-state index is 9.10. The number of carbonyl (C=O) groups is 2. The van der Waals surface area contributed by atoms with E-state index in [0.717, 1.165) is 37.1 Å². The van der Waals surface area contributed by atoms with Crippen LogP contribution < -0.4 is 4.74 Å². The van der Waals surface area contributed by atoms with Crippen LogP contribution in [0.25, 0.3) is 0 Å². The molecule has 10 heteroatoms. The highest BCUT2D eigenvalue weighted by atomic mass is 32.2. The summed E-state index contributed by atoms with van der Waals surface area (Å²) in [5.74, 6) is -2.79. The second-order valence-corrected chi connectivity index (χ2v) is 6.26. The fraction of sp³-hybridized carbons (Fsp3) is 0.474. The first kappa shape index (κ1) is 26.2. The molecule has 0 aliphatic carbocycles. The lowest BCUT2D eigenvalue weighted by molar-refractivity contribution is -0.159. The lowest BCUT2D eigenvalue weighted by Gasteiger charge is -2.27. The summed E-state index contributed by atoms with van der Waals surface area (Å²) in [4.78, 5) is 26.6. The first-order valence-electron chi connectivity index (χ1n) is 9.01. The summed E-state index contributed by atoms with van der Waals surface area (Å²) in [5, 5.41) is 24.4. The van der Waals surface area contributed by atoms with Gasteiger partial charge in [0.05, 0.1) is 6.54 Å². The zero-order valence-electron chi connectivity index (χ0n) is 16.9. The van der Waals surface area contributed by atoms with Crippen molar-refractivity contribution in [1.82, 2.24) is 9.80 Å². The molecule has 1 aromatic carbocycles. The first-order chi connectivity index (χ1) is 13.9. The molecule has 1 rings (SSSR count). The van der Waals surface area contributed by atoms with Gasteiger partial charge in [-0.05, 0) is 31.5 Å². The summed E-state index contributed by atoms with van der Waals surface area (Å²) in [6.45, 7) is 9.41. The monoisotopic (exact) mass is 424 g/mol. The number of hydrogen-bond donors (Lipinski definition) is 2. The number of aliphatic carboxylic acids is 2. The number of nitrogens with zero attached hydrogens (tertiary/aromatic N) is 4. The SMILES string of the molecule is CCN(CC)CCN(CCOc1ccccc1)C(=NC#N)SC.O=C(O)C(=O)O. The fourth-order valence-corrected chi connectivity index (χ4v) is 2.76. The molecule has 0 amide bonds. The van der Waals surface area contributed by atoms with E-state index in [4.69, 9.17) is 29.8 Å². The molecule has 29 heavy (non-hydrogen) atoms. The highest BCUT2D eigenvalue weighted by Gasteiger charge is 2.12. The molecule has 9 nitrogen and oxygen atoms in total. The van der Waals surface area contributed by atoms with Gasteiger partial charge in [0.25, 0.3) is 0 Å². The van der Waals surface area contributed by atoms with Crippen LogP contribution in [0.5, 0.6) is 5.75 Å². The van der Waals surface area contributed by atoms with Crippen LogP contribution in [0.4, 0.5) is 0 Å². The third-order valence-electron chi connectivity index (χ3n) is 3.74. The van der Waals surface area contributed by atoms with Gasteiger partial charge in [-0.3, -0.25) is 0 Å². The summed E-state index contributed by atoms with van der Waals surface area (Å²) in [7, 11) is 0. The van der Waals surface area contributed by atoms with E-state index < -0.39 is 11.9 Å². The van der Waals surface area contributed by atoms with E-state index in [-0.39, 0.29) is 0 Å². The summed E-state index contributed by atoms with van der Waals surface area (Å²) in [6, 6.07) is 9.77. The van der Waals surface area contributed by atoms with Gasteiger partial charge in [-0.2, -0.15) is 5.26 Å². The smallest absolute Gasteiger partial charge is 0.414 e. The predicted molar refractivity (Wildman–Crippen MR) is 113 cm³/mol. The molecule has 0 saturated heterocycles. The summed E-state index contributed by atoms with van der Waals surface area (Å²) in [5.41, 5.74) is 0. The van der Waals surface area contributed by atoms with Crippen LogP contribution in [0.3, 0.4) is 0 Å². The minimum atomic E-state index is -1.82. The summed E-state index contributed by atoms with van der Waals surface area (Å²) < 4.78 is 5.77. The number of nitriles is 1. The molecular formula is C19H28N4O5S. The zero-order chi connectivity index (χ0) is 22.1. The van der Waals surface area contributed by atoms with Gasteiger partial charge in [0.2, 0.25) is 6.19 Å². The van der Waals surface area contributed by atoms with E-state index >= 15 is 0 Å². The molecule has 0 aliphatic heterocycles. The molecule has 0 aliphatic rings. The average Bonchev–Trinajstić information content (AvgIpc) is 2.72. The second-order valence-electron chi connectivity index (χ2n) is 5.48. The van der Waals surface area contributed by atoms with Gasteiger partial charge in [-0.15, -0.1) is 4.99 Å². The molecule has 0 spiro atoms. The third kappa shape index (κ3) is 12.3. The molecule has 1 aromatic rings. The maximum Gasteiger partial charge on any atom is 0.414 e. The van der Waals surface area contributed by atoms with Crippen molar-refractivity contribution in [1.29, 1.82) is 5.26 Å². The zero-order valence-corrected chi connectivity index (χ0v) is 17.8. The van der Waals surface area contributed by atoms with E-state index in [9.17, 15) is 0 Å². The number of thioether (sulfide) groups is 1. The molecule has 0 unspecified atom stereocenters. The Kier molecular flexibility index (Phi) is 14.7. The number of carboxylic acids is 2. The number of carboxylic acid groups (broad SMARTS) is 2. The Morgan fingerprint density at radius 2 is 1.69 bits per heavy atom. The van der Waals surface area contributed by atoms with Crippen molar-refractivity contribution in [3.05, 3.63) is 30.3 Å². The standard InChI is InChI=1S/C17H26N4OS.C2H2O4/c1-4-20(5-2)11-12-21(17(23-3)19-15-18)13-14-22-16-9-7-6-8-10-16;3-1(4)2(5)6/h6-10H,4-5,11-14H2,1-3H3;(H,3,4)(H,5,6). The Labute approximate surface area is 175 Å². The highest BCUT2D eigenvalue weighted by molar-refractivity contribution is 8.13. The van der Waals surface area contributed by atoms with Crippen LogP contribution in [0.2, 0.25) is 0 Å². The number of aliphatic imine (C=N–C) groups is 1. The lowest BCUT2D eigenvalue weighted by Crippen LogP contribution is -2.39. The number of likely N-dealkylation sites (N-methyl/N-ethyl adjacent to an activating group) is 1. The van der Waals surface area contributed by atoms with Crippen molar-refractivity contribution in [3.8, 4) is 11.9 Å². The van der Waals surface area contributed by atoms with Crippen LogP contribution in [0, 0.1) is 11.5 Å². The van der Waals surface area contributed by atoms with Crippen LogP contribution in [-0.4, -0.2) is 82.7 Å². The number of rotatable bonds is 9. The molecule has 0 bridgehead atoms. The first-order valence-corrected chi connectivity index (χ1v) is 10.2. The minimum Gasteiger partial charge on any atom is -0.492 e. The van der Waals surface area contributed by atoms with Crippen LogP contribution in [-0.2, 0) is 9.59 Å². The molecule has 0 radical (unpaired) electrons. The normalized spacial score (nSPS) is 10.5. The second kappa shape index (κ2) is 16.2. The molecule has 0 atom stereocenters. The fourth-order valence-electron chi connectivity index (χ4n) is 2.18. The largest absolute Gasteiger partial charge is 0.492 e. The van der Waals surface area contributed by atoms with Crippen molar-refractivity contribution in [2.24, 2.45) is 4.99 Å². The maximum absolute atomic E-state index is 9.10. The van der Waals surface area contributed by atoms with Crippen LogP contribution in [0.15, 0.2) is 35.3 Å². The molecule has 0 aromatic heterocycles. The Morgan fingerprint density at radius 3 is 2.14 bits per heavy atom. The van der Waals surface area contributed by atoms with E-state index in [1.807, 2.05) is 42.8 Å². The number of amidine groups is 1. The summed E-state index contributed by atoms with van der Waals surface area (Å²) in [6.07, 6.45) is 3.84. The number of hydrogen-bond acceptors (Lipinski definition) is 7. The highest BCUT2D eigenvalue weighted by Crippen LogP contribution is 2.10. The van der Waals surface area contributed by atoms with E-state index in [2.05, 4.69) is 28.6 Å². The number of para-hydroxylation sites is 1. The number of benzene rings is 1. The minimum absolute atomic E-state index is 0.563. The van der Waals surface area contributed by atoms with Gasteiger partial charge in [-0.1, -0.05) is 43.8 Å². The van der Waals surface area contributed by atoms with E-state index in [1.54, 1.807) is 0 Å². The van der Waals surface area contributed by atoms with Crippen LogP contribution >= 0.6 is 11.8 Å². The molecule has 0 fully saturated rings. The topological polar surface area (TPSA) is 126 Å². The van der Waals surface area contributed by atoms with Gasteiger partial charge in [-0.25, -0.2) is 9.59 Å². The lowest BCUT2D eigenvalue weighted by atomic mass is 10.3.